The summed E-state index contributed by atoms with van der Waals surface area (Å²) in [6.07, 6.45) is 6.24. The van der Waals surface area contributed by atoms with E-state index in [1.165, 1.54) is 11.3 Å². The van der Waals surface area contributed by atoms with Crippen molar-refractivity contribution in [3.63, 3.8) is 0 Å². The fourth-order valence-electron chi connectivity index (χ4n) is 3.83. The molecule has 2 aliphatic heterocycles. The van der Waals surface area contributed by atoms with Gasteiger partial charge in [-0.05, 0) is 35.9 Å². The number of aromatic nitrogens is 2. The molecule has 2 aliphatic rings. The molecule has 0 N–H and O–H groups in total. The van der Waals surface area contributed by atoms with E-state index >= 15 is 0 Å². The third-order valence-corrected chi connectivity index (χ3v) is 6.10. The van der Waals surface area contributed by atoms with E-state index in [1.54, 1.807) is 0 Å². The number of amidine groups is 1. The molecule has 3 atom stereocenters. The molecule has 0 aliphatic carbocycles. The first-order valence-corrected chi connectivity index (χ1v) is 9.83. The third kappa shape index (κ3) is 2.63. The minimum atomic E-state index is 0.0535. The molecule has 5 rings (SSSR count). The summed E-state index contributed by atoms with van der Waals surface area (Å²) in [5.41, 5.74) is 3.51. The lowest BCUT2D eigenvalue weighted by atomic mass is 9.99. The standard InChI is InChI=1S/C21H20N4S/c1-15-13-25-20(16-10-12-24(14-16)17-7-3-2-4-8-17)19(23-21(25)26-15)18-9-5-6-11-22-18/h2-12,14-15,19-20H,13H2,1H3/t15-,19-,20-/m0/s1. The molecule has 4 nitrogen and oxygen atoms in total. The number of rotatable bonds is 3. The number of hydrogen-bond donors (Lipinski definition) is 0. The molecule has 1 saturated heterocycles. The molecule has 4 heterocycles. The molecular weight excluding hydrogens is 340 g/mol. The molecule has 0 radical (unpaired) electrons. The molecule has 1 aromatic carbocycles. The van der Waals surface area contributed by atoms with Crippen LogP contribution in [0.1, 0.15) is 30.3 Å². The molecule has 1 fully saturated rings. The first-order chi connectivity index (χ1) is 12.8. The number of thioether (sulfide) groups is 1. The second kappa shape index (κ2) is 6.32. The summed E-state index contributed by atoms with van der Waals surface area (Å²) in [4.78, 5) is 12.1. The van der Waals surface area contributed by atoms with Gasteiger partial charge in [0.25, 0.3) is 0 Å². The minimum Gasteiger partial charge on any atom is -0.341 e. The topological polar surface area (TPSA) is 33.4 Å². The molecule has 0 saturated carbocycles. The van der Waals surface area contributed by atoms with Crippen molar-refractivity contribution in [3.05, 3.63) is 84.4 Å². The summed E-state index contributed by atoms with van der Waals surface area (Å²) in [5.74, 6) is 0. The molecular formula is C21H20N4S. The van der Waals surface area contributed by atoms with E-state index in [4.69, 9.17) is 4.99 Å². The van der Waals surface area contributed by atoms with Crippen molar-refractivity contribution in [3.8, 4) is 5.69 Å². The number of pyridine rings is 1. The Balaban J connectivity index is 1.54. The Hall–Kier alpha value is -2.53. The normalized spacial score (nSPS) is 24.6. The van der Waals surface area contributed by atoms with Crippen molar-refractivity contribution >= 4 is 16.9 Å². The average molecular weight is 360 g/mol. The van der Waals surface area contributed by atoms with E-state index in [-0.39, 0.29) is 12.1 Å². The van der Waals surface area contributed by atoms with Crippen LogP contribution in [0.25, 0.3) is 5.69 Å². The highest BCUT2D eigenvalue weighted by Crippen LogP contribution is 2.47. The monoisotopic (exact) mass is 360 g/mol. The van der Waals surface area contributed by atoms with Crippen LogP contribution in [-0.4, -0.2) is 31.4 Å². The highest BCUT2D eigenvalue weighted by molar-refractivity contribution is 8.14. The summed E-state index contributed by atoms with van der Waals surface area (Å²) >= 11 is 1.88. The van der Waals surface area contributed by atoms with E-state index in [9.17, 15) is 0 Å². The molecule has 2 aromatic heterocycles. The number of benzene rings is 1. The summed E-state index contributed by atoms with van der Waals surface area (Å²) in [6, 6.07) is 19.0. The molecule has 0 unspecified atom stereocenters. The van der Waals surface area contributed by atoms with Gasteiger partial charge in [0.15, 0.2) is 5.17 Å². The number of fused-ring (bicyclic) bond motifs is 1. The Morgan fingerprint density at radius 3 is 2.69 bits per heavy atom. The van der Waals surface area contributed by atoms with E-state index in [1.807, 2.05) is 36.2 Å². The zero-order valence-electron chi connectivity index (χ0n) is 14.6. The van der Waals surface area contributed by atoms with Crippen LogP contribution in [-0.2, 0) is 0 Å². The SMILES string of the molecule is C[C@H]1CN2C(=N[C@@H](c3ccccn3)[C@@H]2c2ccn(-c3ccccc3)c2)S1. The Bertz CT molecular complexity index is 935. The molecule has 3 aromatic rings. The lowest BCUT2D eigenvalue weighted by Crippen LogP contribution is -2.28. The van der Waals surface area contributed by atoms with Crippen molar-refractivity contribution in [2.75, 3.05) is 6.54 Å². The second-order valence-corrected chi connectivity index (χ2v) is 8.23. The highest BCUT2D eigenvalue weighted by Gasteiger charge is 2.43. The first kappa shape index (κ1) is 15.7. The minimum absolute atomic E-state index is 0.0535. The number of aliphatic imine (C=N–C) groups is 1. The Labute approximate surface area is 157 Å². The molecule has 0 bridgehead atoms. The molecule has 5 heteroatoms. The summed E-state index contributed by atoms with van der Waals surface area (Å²) in [6.45, 7) is 3.31. The van der Waals surface area contributed by atoms with Crippen LogP contribution in [0.4, 0.5) is 0 Å². The quantitative estimate of drug-likeness (QED) is 0.691. The summed E-state index contributed by atoms with van der Waals surface area (Å²) in [5, 5.41) is 1.74. The van der Waals surface area contributed by atoms with Gasteiger partial charge in [0.05, 0.1) is 11.7 Å². The summed E-state index contributed by atoms with van der Waals surface area (Å²) in [7, 11) is 0. The molecule has 0 amide bonds. The van der Waals surface area contributed by atoms with Gasteiger partial charge in [0.2, 0.25) is 0 Å². The van der Waals surface area contributed by atoms with Crippen molar-refractivity contribution in [1.29, 1.82) is 0 Å². The predicted molar refractivity (Wildman–Crippen MR) is 107 cm³/mol. The molecule has 26 heavy (non-hydrogen) atoms. The zero-order valence-corrected chi connectivity index (χ0v) is 15.4. The van der Waals surface area contributed by atoms with Gasteiger partial charge in [-0.3, -0.25) is 9.98 Å². The zero-order chi connectivity index (χ0) is 17.5. The van der Waals surface area contributed by atoms with Crippen LogP contribution in [0.3, 0.4) is 0 Å². The van der Waals surface area contributed by atoms with Gasteiger partial charge in [-0.2, -0.15) is 0 Å². The molecule has 130 valence electrons. The Morgan fingerprint density at radius 1 is 1.04 bits per heavy atom. The number of para-hydroxylation sites is 1. The van der Waals surface area contributed by atoms with Crippen LogP contribution < -0.4 is 0 Å². The fraction of sp³-hybridized carbons (Fsp3) is 0.238. The van der Waals surface area contributed by atoms with E-state index in [0.29, 0.717) is 5.25 Å². The van der Waals surface area contributed by atoms with Crippen LogP contribution in [0.2, 0.25) is 0 Å². The van der Waals surface area contributed by atoms with Gasteiger partial charge >= 0.3 is 0 Å². The van der Waals surface area contributed by atoms with E-state index in [2.05, 4.69) is 70.2 Å². The maximum atomic E-state index is 5.04. The van der Waals surface area contributed by atoms with Gasteiger partial charge in [-0.15, -0.1) is 0 Å². The third-order valence-electron chi connectivity index (χ3n) is 4.99. The highest BCUT2D eigenvalue weighted by atomic mass is 32.2. The first-order valence-electron chi connectivity index (χ1n) is 8.95. The predicted octanol–water partition coefficient (Wildman–Crippen LogP) is 4.46. The van der Waals surface area contributed by atoms with Gasteiger partial charge in [0.1, 0.15) is 6.04 Å². The van der Waals surface area contributed by atoms with Crippen LogP contribution in [0, 0.1) is 0 Å². The average Bonchev–Trinajstić information content (AvgIpc) is 3.37. The fourth-order valence-corrected chi connectivity index (χ4v) is 4.92. The maximum absolute atomic E-state index is 5.04. The summed E-state index contributed by atoms with van der Waals surface area (Å²) < 4.78 is 2.19. The Kier molecular flexibility index (Phi) is 3.82. The van der Waals surface area contributed by atoms with Crippen molar-refractivity contribution in [2.45, 2.75) is 24.3 Å². The lowest BCUT2D eigenvalue weighted by Gasteiger charge is -2.26. The maximum Gasteiger partial charge on any atom is 0.160 e. The van der Waals surface area contributed by atoms with Crippen molar-refractivity contribution in [1.82, 2.24) is 14.5 Å². The van der Waals surface area contributed by atoms with Crippen molar-refractivity contribution in [2.24, 2.45) is 4.99 Å². The second-order valence-electron chi connectivity index (χ2n) is 6.82. The number of nitrogens with zero attached hydrogens (tertiary/aromatic N) is 4. The van der Waals surface area contributed by atoms with Gasteiger partial charge < -0.3 is 9.47 Å². The van der Waals surface area contributed by atoms with Gasteiger partial charge in [-0.1, -0.05) is 43.0 Å². The largest absolute Gasteiger partial charge is 0.341 e. The van der Waals surface area contributed by atoms with Crippen LogP contribution in [0.15, 0.2) is 78.2 Å². The molecule has 0 spiro atoms. The van der Waals surface area contributed by atoms with Crippen LogP contribution >= 0.6 is 11.8 Å². The van der Waals surface area contributed by atoms with Gasteiger partial charge in [-0.25, -0.2) is 0 Å². The Morgan fingerprint density at radius 2 is 1.88 bits per heavy atom. The van der Waals surface area contributed by atoms with Gasteiger partial charge in [0, 0.05) is 36.1 Å². The van der Waals surface area contributed by atoms with Crippen LogP contribution in [0.5, 0.6) is 0 Å². The van der Waals surface area contributed by atoms with Crippen molar-refractivity contribution < 1.29 is 0 Å². The smallest absolute Gasteiger partial charge is 0.160 e. The van der Waals surface area contributed by atoms with E-state index < -0.39 is 0 Å². The lowest BCUT2D eigenvalue weighted by molar-refractivity contribution is 0.321. The number of hydrogen-bond acceptors (Lipinski definition) is 4. The van der Waals surface area contributed by atoms with E-state index in [0.717, 1.165) is 17.4 Å².